The summed E-state index contributed by atoms with van der Waals surface area (Å²) in [4.78, 5) is 11.9. The first-order valence-corrected chi connectivity index (χ1v) is 6.83. The highest BCUT2D eigenvalue weighted by atomic mass is 32.2. The number of hydrogen-bond acceptors (Lipinski definition) is 3. The molecule has 0 aliphatic carbocycles. The summed E-state index contributed by atoms with van der Waals surface area (Å²) in [5, 5.41) is 0. The summed E-state index contributed by atoms with van der Waals surface area (Å²) < 4.78 is 37.3. The van der Waals surface area contributed by atoms with E-state index in [2.05, 4.69) is 0 Å². The molecule has 1 aliphatic rings. The van der Waals surface area contributed by atoms with Gasteiger partial charge in [0.2, 0.25) is 10.0 Å². The average molecular weight is 257 g/mol. The summed E-state index contributed by atoms with van der Waals surface area (Å²) in [6.45, 7) is 1.85. The van der Waals surface area contributed by atoms with E-state index in [-0.39, 0.29) is 17.9 Å². The smallest absolute Gasteiger partial charge is 0.268 e. The van der Waals surface area contributed by atoms with Gasteiger partial charge in [0, 0.05) is 6.54 Å². The maximum Gasteiger partial charge on any atom is 0.270 e. The number of rotatable bonds is 1. The fourth-order valence-corrected chi connectivity index (χ4v) is 3.28. The predicted octanol–water partition coefficient (Wildman–Crippen LogP) is 1.31. The molecule has 0 N–H and O–H groups in total. The minimum absolute atomic E-state index is 0.0494. The van der Waals surface area contributed by atoms with Crippen LogP contribution >= 0.6 is 0 Å². The minimum atomic E-state index is -3.55. The zero-order valence-corrected chi connectivity index (χ0v) is 10.1. The molecule has 0 atom stereocenters. The molecule has 1 fully saturated rings. The Morgan fingerprint density at radius 2 is 2.12 bits per heavy atom. The Balaban J connectivity index is 2.41. The van der Waals surface area contributed by atoms with Gasteiger partial charge in [-0.05, 0) is 25.5 Å². The lowest BCUT2D eigenvalue weighted by Gasteiger charge is -2.15. The van der Waals surface area contributed by atoms with Gasteiger partial charge in [-0.15, -0.1) is 0 Å². The Bertz CT molecular complexity index is 568. The first-order chi connectivity index (χ1) is 7.92. The average Bonchev–Trinajstić information content (AvgIpc) is 2.61. The van der Waals surface area contributed by atoms with Gasteiger partial charge in [0.05, 0.1) is 11.3 Å². The van der Waals surface area contributed by atoms with Crippen LogP contribution in [0.3, 0.4) is 0 Å². The molecule has 1 saturated heterocycles. The standard InChI is InChI=1S/C11H12FNO3S/c1-8-3-4-10(12)9(7-8)11(14)13-5-2-6-17(13,15)16/h3-4,7H,2,5-6H2,1H3. The molecular weight excluding hydrogens is 245 g/mol. The van der Waals surface area contributed by atoms with Crippen molar-refractivity contribution in [2.24, 2.45) is 0 Å². The van der Waals surface area contributed by atoms with E-state index >= 15 is 0 Å². The lowest BCUT2D eigenvalue weighted by atomic mass is 10.1. The number of amides is 1. The Morgan fingerprint density at radius 3 is 2.71 bits per heavy atom. The summed E-state index contributed by atoms with van der Waals surface area (Å²) in [7, 11) is -3.55. The molecule has 0 saturated carbocycles. The van der Waals surface area contributed by atoms with E-state index in [1.807, 2.05) is 0 Å². The number of hydrogen-bond donors (Lipinski definition) is 0. The van der Waals surface area contributed by atoms with Crippen LogP contribution in [0.25, 0.3) is 0 Å². The molecule has 1 aliphatic heterocycles. The number of halogens is 1. The van der Waals surface area contributed by atoms with Gasteiger partial charge in [0.25, 0.3) is 5.91 Å². The van der Waals surface area contributed by atoms with E-state index in [4.69, 9.17) is 0 Å². The zero-order chi connectivity index (χ0) is 12.6. The second kappa shape index (κ2) is 4.10. The third-order valence-corrected chi connectivity index (χ3v) is 4.50. The van der Waals surface area contributed by atoms with Crippen LogP contribution in [0.5, 0.6) is 0 Å². The molecule has 1 amide bonds. The van der Waals surface area contributed by atoms with Crippen molar-refractivity contribution < 1.29 is 17.6 Å². The Labute approximate surface area is 99.1 Å². The Morgan fingerprint density at radius 1 is 1.41 bits per heavy atom. The van der Waals surface area contributed by atoms with Crippen molar-refractivity contribution in [3.05, 3.63) is 35.1 Å². The van der Waals surface area contributed by atoms with Crippen molar-refractivity contribution >= 4 is 15.9 Å². The SMILES string of the molecule is Cc1ccc(F)c(C(=O)N2CCCS2(=O)=O)c1. The van der Waals surface area contributed by atoms with Crippen molar-refractivity contribution in [3.8, 4) is 0 Å². The van der Waals surface area contributed by atoms with E-state index < -0.39 is 21.7 Å². The summed E-state index contributed by atoms with van der Waals surface area (Å²) in [6, 6.07) is 4.07. The highest BCUT2D eigenvalue weighted by Crippen LogP contribution is 2.19. The predicted molar refractivity (Wildman–Crippen MR) is 60.6 cm³/mol. The first kappa shape index (κ1) is 12.0. The second-order valence-corrected chi connectivity index (χ2v) is 6.04. The van der Waals surface area contributed by atoms with E-state index in [1.54, 1.807) is 6.92 Å². The summed E-state index contributed by atoms with van der Waals surface area (Å²) in [5.41, 5.74) is 0.529. The van der Waals surface area contributed by atoms with Crippen molar-refractivity contribution in [1.82, 2.24) is 4.31 Å². The van der Waals surface area contributed by atoms with Crippen LogP contribution in [0, 0.1) is 12.7 Å². The normalized spacial score (nSPS) is 18.4. The van der Waals surface area contributed by atoms with Gasteiger partial charge in [-0.25, -0.2) is 17.1 Å². The van der Waals surface area contributed by atoms with Crippen LogP contribution in [-0.2, 0) is 10.0 Å². The largest absolute Gasteiger partial charge is 0.270 e. The molecule has 0 bridgehead atoms. The van der Waals surface area contributed by atoms with Gasteiger partial charge in [-0.2, -0.15) is 0 Å². The molecule has 0 spiro atoms. The molecule has 1 aromatic carbocycles. The second-order valence-electron chi connectivity index (χ2n) is 4.03. The number of carbonyl (C=O) groups is 1. The first-order valence-electron chi connectivity index (χ1n) is 5.23. The van der Waals surface area contributed by atoms with Gasteiger partial charge in [0.1, 0.15) is 5.82 Å². The molecule has 92 valence electrons. The van der Waals surface area contributed by atoms with Crippen LogP contribution in [0.2, 0.25) is 0 Å². The van der Waals surface area contributed by atoms with Gasteiger partial charge in [-0.3, -0.25) is 4.79 Å². The quantitative estimate of drug-likeness (QED) is 0.762. The number of carbonyl (C=O) groups excluding carboxylic acids is 1. The Kier molecular flexibility index (Phi) is 2.91. The van der Waals surface area contributed by atoms with Crippen molar-refractivity contribution in [2.45, 2.75) is 13.3 Å². The number of sulfonamides is 1. The molecule has 0 radical (unpaired) electrons. The van der Waals surface area contributed by atoms with Crippen LogP contribution in [0.15, 0.2) is 18.2 Å². The van der Waals surface area contributed by atoms with Gasteiger partial charge < -0.3 is 0 Å². The molecule has 2 rings (SSSR count). The molecule has 0 unspecified atom stereocenters. The molecule has 4 nitrogen and oxygen atoms in total. The van der Waals surface area contributed by atoms with Gasteiger partial charge in [-0.1, -0.05) is 11.6 Å². The van der Waals surface area contributed by atoms with Gasteiger partial charge in [0.15, 0.2) is 0 Å². The van der Waals surface area contributed by atoms with Crippen molar-refractivity contribution in [2.75, 3.05) is 12.3 Å². The maximum atomic E-state index is 13.5. The molecule has 17 heavy (non-hydrogen) atoms. The lowest BCUT2D eigenvalue weighted by Crippen LogP contribution is -2.33. The zero-order valence-electron chi connectivity index (χ0n) is 9.31. The van der Waals surface area contributed by atoms with E-state index in [9.17, 15) is 17.6 Å². The van der Waals surface area contributed by atoms with Crippen molar-refractivity contribution in [1.29, 1.82) is 0 Å². The minimum Gasteiger partial charge on any atom is -0.268 e. The third kappa shape index (κ3) is 2.17. The molecule has 6 heteroatoms. The van der Waals surface area contributed by atoms with Crippen LogP contribution in [-0.4, -0.2) is 30.9 Å². The highest BCUT2D eigenvalue weighted by Gasteiger charge is 2.34. The van der Waals surface area contributed by atoms with Crippen molar-refractivity contribution in [3.63, 3.8) is 0 Å². The molecule has 1 aromatic rings. The summed E-state index contributed by atoms with van der Waals surface area (Å²) in [5.74, 6) is -1.52. The van der Waals surface area contributed by atoms with Gasteiger partial charge >= 0.3 is 0 Å². The van der Waals surface area contributed by atoms with E-state index in [0.29, 0.717) is 12.0 Å². The maximum absolute atomic E-state index is 13.5. The number of nitrogens with zero attached hydrogens (tertiary/aromatic N) is 1. The fraction of sp³-hybridized carbons (Fsp3) is 0.364. The topological polar surface area (TPSA) is 54.5 Å². The lowest BCUT2D eigenvalue weighted by molar-refractivity contribution is 0.0865. The third-order valence-electron chi connectivity index (χ3n) is 2.68. The van der Waals surface area contributed by atoms with E-state index in [1.165, 1.54) is 18.2 Å². The molecular formula is C11H12FNO3S. The van der Waals surface area contributed by atoms with Crippen LogP contribution < -0.4 is 0 Å². The van der Waals surface area contributed by atoms with Crippen LogP contribution in [0.4, 0.5) is 4.39 Å². The number of benzene rings is 1. The molecule has 0 aromatic heterocycles. The number of aryl methyl sites for hydroxylation is 1. The Hall–Kier alpha value is -1.43. The summed E-state index contributed by atoms with van der Waals surface area (Å²) >= 11 is 0. The monoisotopic (exact) mass is 257 g/mol. The molecule has 1 heterocycles. The highest BCUT2D eigenvalue weighted by molar-refractivity contribution is 7.89. The van der Waals surface area contributed by atoms with E-state index in [0.717, 1.165) is 4.31 Å². The summed E-state index contributed by atoms with van der Waals surface area (Å²) in [6.07, 6.45) is 0.404. The fourth-order valence-electron chi connectivity index (χ4n) is 1.81. The van der Waals surface area contributed by atoms with Crippen LogP contribution in [0.1, 0.15) is 22.3 Å².